The second kappa shape index (κ2) is 10.7. The molecule has 0 saturated heterocycles. The molecule has 0 spiro atoms. The summed E-state index contributed by atoms with van der Waals surface area (Å²) in [5.74, 6) is -0.988. The number of rotatable bonds is 11. The number of aliphatic carboxylic acids is 1. The molecular weight excluding hydrogens is 432 g/mol. The molecule has 180 valence electrons. The number of fused-ring (bicyclic) bond motifs is 3. The van der Waals surface area contributed by atoms with Crippen LogP contribution in [0.15, 0.2) is 48.5 Å². The summed E-state index contributed by atoms with van der Waals surface area (Å²) in [5.41, 5.74) is 4.63. The summed E-state index contributed by atoms with van der Waals surface area (Å²) in [6, 6.07) is 16.3. The molecule has 7 nitrogen and oxygen atoms in total. The van der Waals surface area contributed by atoms with E-state index in [0.29, 0.717) is 18.9 Å². The fourth-order valence-corrected chi connectivity index (χ4v) is 4.65. The summed E-state index contributed by atoms with van der Waals surface area (Å²) in [5, 5.41) is 11.8. The Morgan fingerprint density at radius 1 is 1.06 bits per heavy atom. The molecule has 1 saturated carbocycles. The predicted molar refractivity (Wildman–Crippen MR) is 128 cm³/mol. The number of carboxylic acid groups (broad SMARTS) is 1. The highest BCUT2D eigenvalue weighted by Gasteiger charge is 2.31. The molecule has 1 fully saturated rings. The standard InChI is InChI=1S/C27H32N2O5/c1-2-19(26(32)29(14-13-25(30)31)16-18-11-12-18)15-28-27(33)34-17-24-22-9-5-3-7-20(22)21-8-4-6-10-23(21)24/h3-10,18-19,24H,2,11-17H2,1H3,(H,28,33)(H,30,31). The van der Waals surface area contributed by atoms with Crippen LogP contribution in [-0.4, -0.2) is 54.2 Å². The van der Waals surface area contributed by atoms with Crippen molar-refractivity contribution in [2.75, 3.05) is 26.2 Å². The molecule has 2 aliphatic rings. The number of benzene rings is 2. The minimum absolute atomic E-state index is 0.0215. The molecule has 2 amide bonds. The van der Waals surface area contributed by atoms with Gasteiger partial charge in [-0.15, -0.1) is 0 Å². The first kappa shape index (κ1) is 23.8. The minimum Gasteiger partial charge on any atom is -0.481 e. The summed E-state index contributed by atoms with van der Waals surface area (Å²) in [6.07, 6.45) is 2.08. The van der Waals surface area contributed by atoms with Gasteiger partial charge in [0, 0.05) is 25.6 Å². The van der Waals surface area contributed by atoms with Gasteiger partial charge < -0.3 is 20.1 Å². The van der Waals surface area contributed by atoms with Crippen LogP contribution in [0.5, 0.6) is 0 Å². The Balaban J connectivity index is 1.32. The van der Waals surface area contributed by atoms with Crippen molar-refractivity contribution in [2.24, 2.45) is 11.8 Å². The van der Waals surface area contributed by atoms with Crippen molar-refractivity contribution in [2.45, 2.75) is 38.5 Å². The Labute approximate surface area is 200 Å². The molecule has 1 unspecified atom stereocenters. The van der Waals surface area contributed by atoms with Gasteiger partial charge in [-0.3, -0.25) is 9.59 Å². The van der Waals surface area contributed by atoms with E-state index in [9.17, 15) is 14.4 Å². The van der Waals surface area contributed by atoms with Crippen LogP contribution in [0.2, 0.25) is 0 Å². The molecule has 2 aromatic carbocycles. The van der Waals surface area contributed by atoms with Crippen molar-refractivity contribution < 1.29 is 24.2 Å². The van der Waals surface area contributed by atoms with Crippen LogP contribution in [0.4, 0.5) is 4.79 Å². The third-order valence-corrected chi connectivity index (χ3v) is 6.76. The minimum atomic E-state index is -0.918. The summed E-state index contributed by atoms with van der Waals surface area (Å²) in [7, 11) is 0. The maximum absolute atomic E-state index is 13.0. The van der Waals surface area contributed by atoms with Gasteiger partial charge in [0.15, 0.2) is 0 Å². The van der Waals surface area contributed by atoms with E-state index >= 15 is 0 Å². The number of hydrogen-bond acceptors (Lipinski definition) is 4. The second-order valence-corrected chi connectivity index (χ2v) is 9.18. The zero-order valence-corrected chi connectivity index (χ0v) is 19.5. The van der Waals surface area contributed by atoms with E-state index in [0.717, 1.165) is 24.0 Å². The van der Waals surface area contributed by atoms with Gasteiger partial charge in [0.1, 0.15) is 6.61 Å². The van der Waals surface area contributed by atoms with E-state index in [4.69, 9.17) is 9.84 Å². The molecule has 0 aliphatic heterocycles. The monoisotopic (exact) mass is 464 g/mol. The number of amides is 2. The van der Waals surface area contributed by atoms with Gasteiger partial charge >= 0.3 is 12.1 Å². The number of ether oxygens (including phenoxy) is 1. The van der Waals surface area contributed by atoms with Crippen LogP contribution in [0.1, 0.15) is 49.7 Å². The molecule has 7 heteroatoms. The van der Waals surface area contributed by atoms with Crippen molar-refractivity contribution >= 4 is 18.0 Å². The number of carbonyl (C=O) groups excluding carboxylic acids is 2. The SMILES string of the molecule is CCC(CNC(=O)OCC1c2ccccc2-c2ccccc21)C(=O)N(CCC(=O)O)CC1CC1. The lowest BCUT2D eigenvalue weighted by atomic mass is 9.98. The fourth-order valence-electron chi connectivity index (χ4n) is 4.65. The molecule has 0 radical (unpaired) electrons. The Morgan fingerprint density at radius 2 is 1.68 bits per heavy atom. The Hall–Kier alpha value is -3.35. The molecule has 1 atom stereocenters. The smallest absolute Gasteiger partial charge is 0.407 e. The first-order valence-corrected chi connectivity index (χ1v) is 12.1. The third-order valence-electron chi connectivity index (χ3n) is 6.76. The zero-order valence-electron chi connectivity index (χ0n) is 19.5. The van der Waals surface area contributed by atoms with Crippen LogP contribution in [0.25, 0.3) is 11.1 Å². The van der Waals surface area contributed by atoms with Crippen molar-refractivity contribution in [1.82, 2.24) is 10.2 Å². The third kappa shape index (κ3) is 5.58. The Kier molecular flexibility index (Phi) is 7.50. The van der Waals surface area contributed by atoms with Gasteiger partial charge in [0.2, 0.25) is 5.91 Å². The Bertz CT molecular complexity index is 1000. The van der Waals surface area contributed by atoms with Gasteiger partial charge in [0.25, 0.3) is 0 Å². The molecule has 0 bridgehead atoms. The molecule has 34 heavy (non-hydrogen) atoms. The lowest BCUT2D eigenvalue weighted by molar-refractivity contribution is -0.139. The molecule has 2 N–H and O–H groups in total. The fraction of sp³-hybridized carbons (Fsp3) is 0.444. The normalized spacial score (nSPS) is 15.2. The quantitative estimate of drug-likeness (QED) is 0.518. The number of nitrogens with one attached hydrogen (secondary N) is 1. The van der Waals surface area contributed by atoms with Gasteiger partial charge in [0.05, 0.1) is 12.3 Å². The molecule has 2 aromatic rings. The van der Waals surface area contributed by atoms with Gasteiger partial charge in [-0.1, -0.05) is 55.5 Å². The summed E-state index contributed by atoms with van der Waals surface area (Å²) >= 11 is 0. The Morgan fingerprint density at radius 3 is 2.24 bits per heavy atom. The van der Waals surface area contributed by atoms with Gasteiger partial charge in [-0.2, -0.15) is 0 Å². The average Bonchev–Trinajstić information content (AvgIpc) is 3.61. The van der Waals surface area contributed by atoms with Crippen LogP contribution < -0.4 is 5.32 Å². The van der Waals surface area contributed by atoms with Gasteiger partial charge in [-0.25, -0.2) is 4.79 Å². The number of nitrogens with zero attached hydrogens (tertiary/aromatic N) is 1. The highest BCUT2D eigenvalue weighted by molar-refractivity contribution is 5.81. The maximum atomic E-state index is 13.0. The van der Waals surface area contributed by atoms with Crippen molar-refractivity contribution in [3.63, 3.8) is 0 Å². The van der Waals surface area contributed by atoms with Crippen molar-refractivity contribution in [1.29, 1.82) is 0 Å². The van der Waals surface area contributed by atoms with E-state index in [1.807, 2.05) is 31.2 Å². The molecule has 0 heterocycles. The first-order valence-electron chi connectivity index (χ1n) is 12.1. The maximum Gasteiger partial charge on any atom is 0.407 e. The highest BCUT2D eigenvalue weighted by atomic mass is 16.5. The predicted octanol–water partition coefficient (Wildman–Crippen LogP) is 4.26. The molecule has 2 aliphatic carbocycles. The van der Waals surface area contributed by atoms with E-state index in [1.165, 1.54) is 11.1 Å². The van der Waals surface area contributed by atoms with E-state index in [2.05, 4.69) is 29.6 Å². The highest BCUT2D eigenvalue weighted by Crippen LogP contribution is 2.44. The number of hydrogen-bond donors (Lipinski definition) is 2. The molecular formula is C27H32N2O5. The van der Waals surface area contributed by atoms with Crippen LogP contribution >= 0.6 is 0 Å². The van der Waals surface area contributed by atoms with Crippen LogP contribution in [-0.2, 0) is 14.3 Å². The number of alkyl carbamates (subject to hydrolysis) is 1. The number of carboxylic acids is 1. The van der Waals surface area contributed by atoms with E-state index in [1.54, 1.807) is 4.90 Å². The lowest BCUT2D eigenvalue weighted by Crippen LogP contribution is -2.43. The lowest BCUT2D eigenvalue weighted by Gasteiger charge is -2.27. The topological polar surface area (TPSA) is 95.9 Å². The summed E-state index contributed by atoms with van der Waals surface area (Å²) < 4.78 is 5.58. The largest absolute Gasteiger partial charge is 0.481 e. The van der Waals surface area contributed by atoms with Crippen molar-refractivity contribution in [3.8, 4) is 11.1 Å². The van der Waals surface area contributed by atoms with E-state index in [-0.39, 0.29) is 37.9 Å². The average molecular weight is 465 g/mol. The summed E-state index contributed by atoms with van der Waals surface area (Å²) in [4.78, 5) is 38.2. The summed E-state index contributed by atoms with van der Waals surface area (Å²) in [6.45, 7) is 3.07. The van der Waals surface area contributed by atoms with E-state index < -0.39 is 18.0 Å². The zero-order chi connectivity index (χ0) is 24.1. The first-order chi connectivity index (χ1) is 16.5. The van der Waals surface area contributed by atoms with Crippen molar-refractivity contribution in [3.05, 3.63) is 59.7 Å². The second-order valence-electron chi connectivity index (χ2n) is 9.18. The van der Waals surface area contributed by atoms with Crippen LogP contribution in [0.3, 0.4) is 0 Å². The number of carbonyl (C=O) groups is 3. The molecule has 0 aromatic heterocycles. The van der Waals surface area contributed by atoms with Crippen LogP contribution in [0, 0.1) is 11.8 Å². The van der Waals surface area contributed by atoms with Gasteiger partial charge in [-0.05, 0) is 47.4 Å². The molecule has 4 rings (SSSR count).